The number of benzene rings is 2. The molecule has 2 aromatic carbocycles. The van der Waals surface area contributed by atoms with Crippen LogP contribution in [-0.2, 0) is 22.9 Å². The molecule has 0 radical (unpaired) electrons. The lowest BCUT2D eigenvalue weighted by molar-refractivity contribution is 0.172. The summed E-state index contributed by atoms with van der Waals surface area (Å²) in [4.78, 5) is 3.49. The fourth-order valence-corrected chi connectivity index (χ4v) is 4.72. The van der Waals surface area contributed by atoms with Crippen LogP contribution in [0.4, 0.5) is 5.69 Å². The van der Waals surface area contributed by atoms with Crippen LogP contribution in [0.3, 0.4) is 0 Å². The molecule has 0 aliphatic heterocycles. The minimum Gasteiger partial charge on any atom is -0.506 e. The summed E-state index contributed by atoms with van der Waals surface area (Å²) in [5.74, 6) is 0.559. The number of rotatable bonds is 9. The summed E-state index contributed by atoms with van der Waals surface area (Å²) in [6.07, 6.45) is 2.99. The summed E-state index contributed by atoms with van der Waals surface area (Å²) in [5, 5.41) is 24.5. The Morgan fingerprint density at radius 2 is 2.09 bits per heavy atom. The van der Waals surface area contributed by atoms with Crippen molar-refractivity contribution in [2.45, 2.75) is 31.4 Å². The summed E-state index contributed by atoms with van der Waals surface area (Å²) >= 11 is 0. The molecule has 3 aromatic rings. The van der Waals surface area contributed by atoms with Gasteiger partial charge in [0.2, 0.25) is 10.0 Å². The Balaban J connectivity index is 1.27. The van der Waals surface area contributed by atoms with Gasteiger partial charge in [0, 0.05) is 41.8 Å². The van der Waals surface area contributed by atoms with Gasteiger partial charge in [-0.1, -0.05) is 6.07 Å². The van der Waals surface area contributed by atoms with E-state index < -0.39 is 16.1 Å². The molecule has 1 aliphatic carbocycles. The smallest absolute Gasteiger partial charge is 0.229 e. The molecule has 33 heavy (non-hydrogen) atoms. The van der Waals surface area contributed by atoms with Gasteiger partial charge in [0.25, 0.3) is 0 Å². The van der Waals surface area contributed by atoms with Crippen LogP contribution in [-0.4, -0.2) is 55.6 Å². The van der Waals surface area contributed by atoms with Crippen LogP contribution in [0, 0.1) is 0 Å². The summed E-state index contributed by atoms with van der Waals surface area (Å²) in [5.41, 5.74) is 10.3. The maximum absolute atomic E-state index is 11.4. The highest BCUT2D eigenvalue weighted by Crippen LogP contribution is 2.31. The van der Waals surface area contributed by atoms with Crippen molar-refractivity contribution < 1.29 is 23.4 Å². The van der Waals surface area contributed by atoms with Gasteiger partial charge < -0.3 is 31.0 Å². The zero-order chi connectivity index (χ0) is 23.6. The number of phenolic OH excluding ortho intramolecular Hbond substituents is 1. The number of aliphatic hydroxyl groups excluding tert-OH is 1. The van der Waals surface area contributed by atoms with Crippen LogP contribution in [0.2, 0.25) is 0 Å². The van der Waals surface area contributed by atoms with Gasteiger partial charge in [0.15, 0.2) is 0 Å². The number of sulfonamides is 1. The molecule has 0 saturated heterocycles. The minimum atomic E-state index is -3.54. The number of aliphatic hydroxyl groups is 1. The topological polar surface area (TPSA) is 150 Å². The lowest BCUT2D eigenvalue weighted by Gasteiger charge is -2.18. The molecule has 7 N–H and O–H groups in total. The first-order valence-corrected chi connectivity index (χ1v) is 12.8. The number of phenols is 1. The second-order valence-corrected chi connectivity index (χ2v) is 10.3. The molecule has 9 nitrogen and oxygen atoms in total. The van der Waals surface area contributed by atoms with Gasteiger partial charge >= 0.3 is 0 Å². The number of hydrogen-bond donors (Lipinski definition) is 6. The Morgan fingerprint density at radius 3 is 2.88 bits per heavy atom. The maximum Gasteiger partial charge on any atom is 0.229 e. The van der Waals surface area contributed by atoms with Crippen molar-refractivity contribution >= 4 is 26.6 Å². The molecule has 1 aromatic heterocycles. The minimum absolute atomic E-state index is 0.0285. The summed E-state index contributed by atoms with van der Waals surface area (Å²) in [7, 11) is -3.54. The second kappa shape index (κ2) is 9.60. The fraction of sp³-hybridized carbons (Fsp3) is 0.391. The Kier molecular flexibility index (Phi) is 6.80. The molecule has 4 rings (SSSR count). The third kappa shape index (κ3) is 5.77. The van der Waals surface area contributed by atoms with Gasteiger partial charge in [0.05, 0.1) is 18.0 Å². The summed E-state index contributed by atoms with van der Waals surface area (Å²) in [6, 6.07) is 10.6. The lowest BCUT2D eigenvalue weighted by Crippen LogP contribution is -2.27. The SMILES string of the molecule is CS(=O)(=O)Nc1cc(C(O)CNCCOc2ccc3c4c([nH]c3c2)CCC(N)C4)ccc1O. The molecular weight excluding hydrogens is 444 g/mol. The van der Waals surface area contributed by atoms with Crippen molar-refractivity contribution in [2.75, 3.05) is 30.7 Å². The van der Waals surface area contributed by atoms with Crippen molar-refractivity contribution in [2.24, 2.45) is 5.73 Å². The number of ether oxygens (including phenoxy) is 1. The quantitative estimate of drug-likeness (QED) is 0.204. The van der Waals surface area contributed by atoms with Gasteiger partial charge in [-0.2, -0.15) is 0 Å². The van der Waals surface area contributed by atoms with Gasteiger partial charge in [-0.05, 0) is 54.7 Å². The number of H-pyrrole nitrogens is 1. The molecule has 0 saturated carbocycles. The normalized spacial score (nSPS) is 17.0. The van der Waals surface area contributed by atoms with E-state index >= 15 is 0 Å². The summed E-state index contributed by atoms with van der Waals surface area (Å²) < 4.78 is 30.9. The Hall–Kier alpha value is -2.79. The number of hydrogen-bond acceptors (Lipinski definition) is 7. The number of nitrogens with one attached hydrogen (secondary N) is 3. The molecule has 1 heterocycles. The number of aromatic amines is 1. The van der Waals surface area contributed by atoms with Crippen LogP contribution in [0.1, 0.15) is 29.3 Å². The average molecular weight is 475 g/mol. The molecule has 2 unspecified atom stereocenters. The maximum atomic E-state index is 11.4. The van der Waals surface area contributed by atoms with Crippen LogP contribution in [0.25, 0.3) is 10.9 Å². The monoisotopic (exact) mass is 474 g/mol. The molecule has 2 atom stereocenters. The third-order valence-electron chi connectivity index (χ3n) is 5.78. The Labute approximate surface area is 193 Å². The number of aryl methyl sites for hydroxylation is 1. The van der Waals surface area contributed by atoms with Crippen LogP contribution in [0.5, 0.6) is 11.5 Å². The highest BCUT2D eigenvalue weighted by molar-refractivity contribution is 7.92. The fourth-order valence-electron chi connectivity index (χ4n) is 4.16. The van der Waals surface area contributed by atoms with Crippen molar-refractivity contribution in [3.05, 3.63) is 53.2 Å². The molecule has 0 bridgehead atoms. The van der Waals surface area contributed by atoms with E-state index in [9.17, 15) is 18.6 Å². The van der Waals surface area contributed by atoms with Crippen molar-refractivity contribution in [3.8, 4) is 11.5 Å². The molecule has 1 aliphatic rings. The summed E-state index contributed by atoms with van der Waals surface area (Å²) in [6.45, 7) is 1.17. The molecule has 178 valence electrons. The Morgan fingerprint density at radius 1 is 1.27 bits per heavy atom. The van der Waals surface area contributed by atoms with Gasteiger partial charge in [-0.15, -0.1) is 0 Å². The molecule has 10 heteroatoms. The lowest BCUT2D eigenvalue weighted by atomic mass is 9.92. The first-order chi connectivity index (χ1) is 15.7. The highest BCUT2D eigenvalue weighted by atomic mass is 32.2. The molecule has 0 amide bonds. The molecular formula is C23H30N4O5S. The van der Waals surface area contributed by atoms with Crippen LogP contribution in [0.15, 0.2) is 36.4 Å². The number of aromatic hydroxyl groups is 1. The standard InChI is InChI=1S/C23H30N4O5S/c1-33(30,31)27-21-10-14(2-7-22(21)28)23(29)13-25-8-9-32-16-4-5-17-18-11-15(24)3-6-19(18)26-20(17)12-16/h2,4-5,7,10,12,15,23,25-29H,3,6,8-9,11,13,24H2,1H3. The second-order valence-electron chi connectivity index (χ2n) is 8.51. The van der Waals surface area contributed by atoms with E-state index in [0.29, 0.717) is 18.7 Å². The number of aromatic nitrogens is 1. The van der Waals surface area contributed by atoms with E-state index in [1.54, 1.807) is 6.07 Å². The van der Waals surface area contributed by atoms with E-state index in [1.165, 1.54) is 28.8 Å². The van der Waals surface area contributed by atoms with Crippen LogP contribution < -0.4 is 20.5 Å². The van der Waals surface area contributed by atoms with E-state index in [2.05, 4.69) is 21.1 Å². The predicted molar refractivity (Wildman–Crippen MR) is 128 cm³/mol. The van der Waals surface area contributed by atoms with E-state index in [0.717, 1.165) is 36.8 Å². The van der Waals surface area contributed by atoms with Gasteiger partial charge in [-0.25, -0.2) is 8.42 Å². The first kappa shape index (κ1) is 23.4. The number of nitrogens with two attached hydrogens (primary N) is 1. The zero-order valence-electron chi connectivity index (χ0n) is 18.5. The predicted octanol–water partition coefficient (Wildman–Crippen LogP) is 1.76. The van der Waals surface area contributed by atoms with Crippen molar-refractivity contribution in [1.82, 2.24) is 10.3 Å². The highest BCUT2D eigenvalue weighted by Gasteiger charge is 2.20. The largest absolute Gasteiger partial charge is 0.506 e. The number of fused-ring (bicyclic) bond motifs is 3. The Bertz CT molecular complexity index is 1240. The molecule has 0 fully saturated rings. The van der Waals surface area contributed by atoms with Gasteiger partial charge in [0.1, 0.15) is 18.1 Å². The number of anilines is 1. The zero-order valence-corrected chi connectivity index (χ0v) is 19.3. The molecule has 0 spiro atoms. The first-order valence-electron chi connectivity index (χ1n) is 10.9. The van der Waals surface area contributed by atoms with Gasteiger partial charge in [-0.3, -0.25) is 4.72 Å². The van der Waals surface area contributed by atoms with Crippen LogP contribution >= 0.6 is 0 Å². The van der Waals surface area contributed by atoms with E-state index in [1.807, 2.05) is 12.1 Å². The van der Waals surface area contributed by atoms with E-state index in [-0.39, 0.29) is 24.0 Å². The van der Waals surface area contributed by atoms with E-state index in [4.69, 9.17) is 10.5 Å². The van der Waals surface area contributed by atoms with Crippen molar-refractivity contribution in [1.29, 1.82) is 0 Å². The van der Waals surface area contributed by atoms with Crippen molar-refractivity contribution in [3.63, 3.8) is 0 Å². The third-order valence-corrected chi connectivity index (χ3v) is 6.37. The average Bonchev–Trinajstić information content (AvgIpc) is 3.11.